The predicted octanol–water partition coefficient (Wildman–Crippen LogP) is 13.1. The van der Waals surface area contributed by atoms with Crippen molar-refractivity contribution >= 4 is 64.1 Å². The van der Waals surface area contributed by atoms with Crippen molar-refractivity contribution in [3.05, 3.63) is 170 Å². The third kappa shape index (κ3) is 4.27. The highest BCUT2D eigenvalue weighted by molar-refractivity contribution is 7.26. The molecule has 54 heavy (non-hydrogen) atoms. The third-order valence-corrected chi connectivity index (χ3v) is 12.1. The minimum Gasteiger partial charge on any atom is -0.309 e. The zero-order valence-corrected chi connectivity index (χ0v) is 29.7. The summed E-state index contributed by atoms with van der Waals surface area (Å²) in [5, 5.41) is 7.38. The molecule has 3 aromatic heterocycles. The smallest absolute Gasteiger partial charge is 0.164 e. The van der Waals surface area contributed by atoms with Crippen molar-refractivity contribution in [1.29, 1.82) is 0 Å². The first-order valence-electron chi connectivity index (χ1n) is 18.2. The Kier molecular flexibility index (Phi) is 6.18. The molecule has 0 amide bonds. The molecule has 0 saturated heterocycles. The molecule has 0 radical (unpaired) electrons. The van der Waals surface area contributed by atoms with Crippen molar-refractivity contribution in [2.45, 2.75) is 0 Å². The lowest BCUT2D eigenvalue weighted by Gasteiger charge is -2.11. The van der Waals surface area contributed by atoms with Gasteiger partial charge in [0.25, 0.3) is 0 Å². The molecule has 8 aromatic carbocycles. The van der Waals surface area contributed by atoms with Crippen LogP contribution in [-0.2, 0) is 0 Å². The van der Waals surface area contributed by atoms with E-state index in [9.17, 15) is 0 Å². The van der Waals surface area contributed by atoms with Crippen molar-refractivity contribution in [2.24, 2.45) is 0 Å². The van der Waals surface area contributed by atoms with Gasteiger partial charge in [0, 0.05) is 53.3 Å². The van der Waals surface area contributed by atoms with Crippen molar-refractivity contribution in [3.8, 4) is 62.1 Å². The highest BCUT2D eigenvalue weighted by atomic mass is 32.1. The van der Waals surface area contributed by atoms with Crippen LogP contribution in [0.4, 0.5) is 0 Å². The molecule has 0 atom stereocenters. The normalized spacial score (nSPS) is 12.1. The van der Waals surface area contributed by atoms with E-state index in [-0.39, 0.29) is 0 Å². The maximum atomic E-state index is 5.30. The summed E-state index contributed by atoms with van der Waals surface area (Å²) >= 11 is 1.84. The lowest BCUT2D eigenvalue weighted by Crippen LogP contribution is -2.00. The van der Waals surface area contributed by atoms with Crippen LogP contribution in [-0.4, -0.2) is 19.5 Å². The second-order valence-corrected chi connectivity index (χ2v) is 15.1. The van der Waals surface area contributed by atoms with Gasteiger partial charge >= 0.3 is 0 Å². The lowest BCUT2D eigenvalue weighted by molar-refractivity contribution is 1.08. The number of para-hydroxylation sites is 2. The van der Waals surface area contributed by atoms with Crippen LogP contribution in [0, 0.1) is 0 Å². The average Bonchev–Trinajstić information content (AvgIpc) is 3.88. The van der Waals surface area contributed by atoms with E-state index < -0.39 is 0 Å². The van der Waals surface area contributed by atoms with Crippen LogP contribution in [0.15, 0.2) is 170 Å². The van der Waals surface area contributed by atoms with Gasteiger partial charge in [-0.05, 0) is 87.6 Å². The highest BCUT2D eigenvalue weighted by Crippen LogP contribution is 2.51. The molecule has 3 heterocycles. The van der Waals surface area contributed by atoms with E-state index in [2.05, 4.69) is 156 Å². The van der Waals surface area contributed by atoms with Gasteiger partial charge in [-0.25, -0.2) is 15.0 Å². The van der Waals surface area contributed by atoms with E-state index in [0.29, 0.717) is 17.5 Å². The van der Waals surface area contributed by atoms with Crippen molar-refractivity contribution in [3.63, 3.8) is 0 Å². The molecule has 0 N–H and O–H groups in total. The second kappa shape index (κ2) is 11.3. The van der Waals surface area contributed by atoms with Crippen molar-refractivity contribution in [2.75, 3.05) is 0 Å². The van der Waals surface area contributed by atoms with Crippen LogP contribution >= 0.6 is 11.3 Å². The lowest BCUT2D eigenvalue weighted by atomic mass is 9.99. The fraction of sp³-hybridized carbons (Fsp3) is 0. The van der Waals surface area contributed by atoms with Gasteiger partial charge < -0.3 is 4.57 Å². The number of hydrogen-bond donors (Lipinski definition) is 0. The van der Waals surface area contributed by atoms with Crippen LogP contribution in [0.1, 0.15) is 0 Å². The SMILES string of the molecule is c1ccc(-c2nc(-c3ccc4c(c3)c3ccccc3n4-c3ccccc3)nc(-c3cccc4sc5cc6c(cc5c34)-c3cccc4cccc-6c34)n2)cc1. The molecule has 5 heteroatoms. The first-order valence-corrected chi connectivity index (χ1v) is 19.0. The summed E-state index contributed by atoms with van der Waals surface area (Å²) in [4.78, 5) is 15.7. The fourth-order valence-electron chi connectivity index (χ4n) is 8.60. The molecule has 4 nitrogen and oxygen atoms in total. The topological polar surface area (TPSA) is 43.6 Å². The summed E-state index contributed by atoms with van der Waals surface area (Å²) in [7, 11) is 0. The summed E-state index contributed by atoms with van der Waals surface area (Å²) in [5.41, 5.74) is 11.6. The van der Waals surface area contributed by atoms with Crippen molar-refractivity contribution < 1.29 is 0 Å². The van der Waals surface area contributed by atoms with E-state index in [4.69, 9.17) is 15.0 Å². The molecule has 0 saturated carbocycles. The number of nitrogens with zero attached hydrogens (tertiary/aromatic N) is 4. The zero-order chi connectivity index (χ0) is 35.3. The standard InChI is InChI=1S/C49H28N4S/c1-3-12-30(13-4-1)47-50-48(31-24-25-42-39(26-31)33-18-7-8-22-41(33)53(42)32-16-5-2-6-17-32)52-49(51-47)36-21-11-23-43-46(36)40-27-37-34-19-9-14-29-15-10-20-35(45(29)34)38(37)28-44(40)54-43/h1-28H. The molecule has 11 aromatic rings. The maximum Gasteiger partial charge on any atom is 0.164 e. The molecular formula is C49H28N4S. The number of fused-ring (bicyclic) bond motifs is 9. The zero-order valence-electron chi connectivity index (χ0n) is 28.9. The monoisotopic (exact) mass is 704 g/mol. The van der Waals surface area contributed by atoms with E-state index in [1.54, 1.807) is 0 Å². The van der Waals surface area contributed by atoms with Crippen LogP contribution in [0.25, 0.3) is 115 Å². The Morgan fingerprint density at radius 3 is 1.83 bits per heavy atom. The summed E-state index contributed by atoms with van der Waals surface area (Å²) in [6.07, 6.45) is 0. The quantitative estimate of drug-likeness (QED) is 0.183. The average molecular weight is 705 g/mol. The number of benzene rings is 8. The molecule has 0 unspecified atom stereocenters. The van der Waals surface area contributed by atoms with Gasteiger partial charge in [-0.3, -0.25) is 0 Å². The Morgan fingerprint density at radius 1 is 0.370 bits per heavy atom. The van der Waals surface area contributed by atoms with E-state index in [0.717, 1.165) is 33.3 Å². The van der Waals surface area contributed by atoms with Crippen LogP contribution in [0.2, 0.25) is 0 Å². The minimum absolute atomic E-state index is 0.650. The molecule has 1 aliphatic carbocycles. The van der Waals surface area contributed by atoms with Gasteiger partial charge in [-0.2, -0.15) is 0 Å². The Morgan fingerprint density at radius 2 is 1.02 bits per heavy atom. The van der Waals surface area contributed by atoms with Gasteiger partial charge in [0.15, 0.2) is 17.5 Å². The molecule has 12 rings (SSSR count). The number of hydrogen-bond acceptors (Lipinski definition) is 4. The molecule has 1 aliphatic rings. The molecule has 0 bridgehead atoms. The summed E-state index contributed by atoms with van der Waals surface area (Å²) < 4.78 is 4.82. The van der Waals surface area contributed by atoms with Gasteiger partial charge in [0.1, 0.15) is 0 Å². The molecule has 0 fully saturated rings. The molecule has 250 valence electrons. The van der Waals surface area contributed by atoms with E-state index in [1.165, 1.54) is 64.1 Å². The van der Waals surface area contributed by atoms with Gasteiger partial charge in [0.05, 0.1) is 11.0 Å². The predicted molar refractivity (Wildman–Crippen MR) is 225 cm³/mol. The van der Waals surface area contributed by atoms with Crippen LogP contribution in [0.5, 0.6) is 0 Å². The number of thiophene rings is 1. The van der Waals surface area contributed by atoms with Gasteiger partial charge in [-0.1, -0.05) is 115 Å². The third-order valence-electron chi connectivity index (χ3n) is 11.0. The first kappa shape index (κ1) is 29.6. The number of rotatable bonds is 4. The minimum atomic E-state index is 0.650. The maximum absolute atomic E-state index is 5.30. The first-order chi connectivity index (χ1) is 26.8. The Balaban J connectivity index is 1.09. The Labute approximate surface area is 314 Å². The molecule has 0 spiro atoms. The van der Waals surface area contributed by atoms with Gasteiger partial charge in [0.2, 0.25) is 0 Å². The van der Waals surface area contributed by atoms with E-state index in [1.807, 2.05) is 29.5 Å². The summed E-state index contributed by atoms with van der Waals surface area (Å²) in [5.74, 6) is 1.97. The second-order valence-electron chi connectivity index (χ2n) is 14.0. The summed E-state index contributed by atoms with van der Waals surface area (Å²) in [6.45, 7) is 0. The summed E-state index contributed by atoms with van der Waals surface area (Å²) in [6, 6.07) is 60.6. The van der Waals surface area contributed by atoms with Crippen LogP contribution in [0.3, 0.4) is 0 Å². The Hall–Kier alpha value is -6.95. The highest BCUT2D eigenvalue weighted by Gasteiger charge is 2.24. The largest absolute Gasteiger partial charge is 0.309 e. The Bertz CT molecular complexity index is 3320. The fourth-order valence-corrected chi connectivity index (χ4v) is 9.76. The van der Waals surface area contributed by atoms with Crippen molar-refractivity contribution in [1.82, 2.24) is 19.5 Å². The van der Waals surface area contributed by atoms with Gasteiger partial charge in [-0.15, -0.1) is 11.3 Å². The molecular weight excluding hydrogens is 677 g/mol. The number of aromatic nitrogens is 4. The molecule has 0 aliphatic heterocycles. The van der Waals surface area contributed by atoms with E-state index >= 15 is 0 Å². The van der Waals surface area contributed by atoms with Crippen LogP contribution < -0.4 is 0 Å².